The van der Waals surface area contributed by atoms with Crippen LogP contribution in [0.1, 0.15) is 22.1 Å². The molecule has 1 atom stereocenters. The second-order valence-corrected chi connectivity index (χ2v) is 9.45. The van der Waals surface area contributed by atoms with Crippen molar-refractivity contribution in [2.75, 3.05) is 26.3 Å². The Morgan fingerprint density at radius 2 is 1.94 bits per heavy atom. The van der Waals surface area contributed by atoms with E-state index in [-0.39, 0.29) is 34.4 Å². The predicted octanol–water partition coefficient (Wildman–Crippen LogP) is 2.74. The van der Waals surface area contributed by atoms with Crippen LogP contribution < -0.4 is 0 Å². The summed E-state index contributed by atoms with van der Waals surface area (Å²) in [4.78, 5) is 17.7. The van der Waals surface area contributed by atoms with Gasteiger partial charge in [-0.25, -0.2) is 13.4 Å². The summed E-state index contributed by atoms with van der Waals surface area (Å²) in [5, 5.41) is 9.85. The Labute approximate surface area is 184 Å². The first kappa shape index (κ1) is 21.5. The fraction of sp³-hybridized carbons (Fsp3) is 0.286. The fourth-order valence-corrected chi connectivity index (χ4v) is 5.25. The molecule has 1 fully saturated rings. The van der Waals surface area contributed by atoms with Crippen LogP contribution in [0.5, 0.6) is 0 Å². The Bertz CT molecular complexity index is 1310. The Morgan fingerprint density at radius 3 is 2.61 bits per heavy atom. The number of halogens is 1. The van der Waals surface area contributed by atoms with Crippen molar-refractivity contribution in [2.24, 2.45) is 7.05 Å². The first-order chi connectivity index (χ1) is 14.8. The number of fused-ring (bicyclic) bond motifs is 1. The van der Waals surface area contributed by atoms with E-state index in [1.54, 1.807) is 17.7 Å². The largest absolute Gasteiger partial charge is 0.379 e. The van der Waals surface area contributed by atoms with Gasteiger partial charge in [0.15, 0.2) is 11.7 Å². The molecule has 1 aliphatic rings. The van der Waals surface area contributed by atoms with Gasteiger partial charge in [-0.15, -0.1) is 0 Å². The standard InChI is InChI=1S/C21H19ClN4O4S/c1-25-19-5-3-2-4-18(19)24-21(25)16(13-23)20(27)15-12-14(6-7-17(15)22)31(28,29)26-8-10-30-11-9-26/h2-7,12,16H,8-11H2,1H3/t16-/m1/s1. The number of Topliss-reactive ketones (excluding diaryl/α,β-unsaturated/α-hetero) is 1. The van der Waals surface area contributed by atoms with E-state index in [2.05, 4.69) is 4.98 Å². The highest BCUT2D eigenvalue weighted by atomic mass is 35.5. The lowest BCUT2D eigenvalue weighted by atomic mass is 9.98. The molecule has 0 unspecified atom stereocenters. The smallest absolute Gasteiger partial charge is 0.243 e. The molecule has 1 saturated heterocycles. The molecule has 0 radical (unpaired) electrons. The number of rotatable bonds is 5. The third-order valence-electron chi connectivity index (χ3n) is 5.28. The number of hydrogen-bond donors (Lipinski definition) is 0. The number of ether oxygens (including phenoxy) is 1. The van der Waals surface area contributed by atoms with E-state index in [1.807, 2.05) is 24.3 Å². The van der Waals surface area contributed by atoms with E-state index in [9.17, 15) is 18.5 Å². The first-order valence-corrected chi connectivity index (χ1v) is 11.4. The van der Waals surface area contributed by atoms with Crippen LogP contribution in [-0.2, 0) is 21.8 Å². The van der Waals surface area contributed by atoms with Gasteiger partial charge in [0.05, 0.1) is 40.2 Å². The van der Waals surface area contributed by atoms with Crippen LogP contribution >= 0.6 is 11.6 Å². The van der Waals surface area contributed by atoms with Gasteiger partial charge in [0.2, 0.25) is 10.0 Å². The van der Waals surface area contributed by atoms with E-state index in [0.717, 1.165) is 5.52 Å². The molecule has 0 bridgehead atoms. The Hall–Kier alpha value is -2.77. The van der Waals surface area contributed by atoms with Crippen LogP contribution in [0.3, 0.4) is 0 Å². The molecule has 1 aromatic heterocycles. The van der Waals surface area contributed by atoms with E-state index >= 15 is 0 Å². The number of imidazole rings is 1. The summed E-state index contributed by atoms with van der Waals surface area (Å²) in [6, 6.07) is 13.3. The van der Waals surface area contributed by atoms with Crippen LogP contribution in [0, 0.1) is 11.3 Å². The van der Waals surface area contributed by atoms with Crippen LogP contribution in [0.4, 0.5) is 0 Å². The van der Waals surface area contributed by atoms with Gasteiger partial charge in [0.1, 0.15) is 5.82 Å². The van der Waals surface area contributed by atoms with Crippen molar-refractivity contribution in [3.05, 3.63) is 58.9 Å². The molecule has 31 heavy (non-hydrogen) atoms. The number of para-hydroxylation sites is 2. The number of nitriles is 1. The second kappa shape index (κ2) is 8.40. The van der Waals surface area contributed by atoms with Crippen molar-refractivity contribution in [3.63, 3.8) is 0 Å². The number of hydrogen-bond acceptors (Lipinski definition) is 6. The number of aryl methyl sites for hydroxylation is 1. The Morgan fingerprint density at radius 1 is 1.23 bits per heavy atom. The molecule has 2 heterocycles. The minimum Gasteiger partial charge on any atom is -0.379 e. The first-order valence-electron chi connectivity index (χ1n) is 9.57. The van der Waals surface area contributed by atoms with Crippen molar-refractivity contribution in [1.82, 2.24) is 13.9 Å². The number of morpholine rings is 1. The zero-order valence-electron chi connectivity index (χ0n) is 16.7. The third-order valence-corrected chi connectivity index (χ3v) is 7.51. The molecule has 0 N–H and O–H groups in total. The lowest BCUT2D eigenvalue weighted by Crippen LogP contribution is -2.40. The average molecular weight is 459 g/mol. The maximum atomic E-state index is 13.3. The van der Waals surface area contributed by atoms with Gasteiger partial charge >= 0.3 is 0 Å². The molecule has 0 spiro atoms. The SMILES string of the molecule is Cn1c([C@H](C#N)C(=O)c2cc(S(=O)(=O)N3CCOCC3)ccc2Cl)nc2ccccc21. The summed E-state index contributed by atoms with van der Waals surface area (Å²) in [5.74, 6) is -1.58. The van der Waals surface area contributed by atoms with Gasteiger partial charge in [-0.3, -0.25) is 4.79 Å². The number of carbonyl (C=O) groups excluding carboxylic acids is 1. The minimum absolute atomic E-state index is 0.0328. The molecule has 2 aromatic carbocycles. The lowest BCUT2D eigenvalue weighted by molar-refractivity contribution is 0.0730. The molecular formula is C21H19ClN4O4S. The highest BCUT2D eigenvalue weighted by Crippen LogP contribution is 2.29. The van der Waals surface area contributed by atoms with Gasteiger partial charge < -0.3 is 9.30 Å². The molecule has 1 aliphatic heterocycles. The number of sulfonamides is 1. The van der Waals surface area contributed by atoms with E-state index in [4.69, 9.17) is 16.3 Å². The number of carbonyl (C=O) groups is 1. The third kappa shape index (κ3) is 3.83. The van der Waals surface area contributed by atoms with E-state index < -0.39 is 21.7 Å². The topological polar surface area (TPSA) is 105 Å². The quantitative estimate of drug-likeness (QED) is 0.544. The summed E-state index contributed by atoms with van der Waals surface area (Å²) in [6.07, 6.45) is 0. The van der Waals surface area contributed by atoms with Crippen molar-refractivity contribution < 1.29 is 17.9 Å². The average Bonchev–Trinajstić information content (AvgIpc) is 3.11. The van der Waals surface area contributed by atoms with Crippen molar-refractivity contribution in [1.29, 1.82) is 5.26 Å². The van der Waals surface area contributed by atoms with Crippen molar-refractivity contribution >= 4 is 38.4 Å². The molecule has 8 nitrogen and oxygen atoms in total. The maximum absolute atomic E-state index is 13.3. The summed E-state index contributed by atoms with van der Waals surface area (Å²) in [5.41, 5.74) is 1.40. The highest BCUT2D eigenvalue weighted by molar-refractivity contribution is 7.89. The van der Waals surface area contributed by atoms with Gasteiger partial charge in [0, 0.05) is 25.7 Å². The summed E-state index contributed by atoms with van der Waals surface area (Å²) >= 11 is 6.25. The summed E-state index contributed by atoms with van der Waals surface area (Å²) in [7, 11) is -2.10. The van der Waals surface area contributed by atoms with Crippen LogP contribution in [-0.4, -0.2) is 54.4 Å². The minimum atomic E-state index is -3.82. The monoisotopic (exact) mass is 458 g/mol. The fourth-order valence-electron chi connectivity index (χ4n) is 3.60. The van der Waals surface area contributed by atoms with Gasteiger partial charge in [-0.2, -0.15) is 9.57 Å². The lowest BCUT2D eigenvalue weighted by Gasteiger charge is -2.26. The van der Waals surface area contributed by atoms with Crippen molar-refractivity contribution in [2.45, 2.75) is 10.8 Å². The number of ketones is 1. The molecule has 10 heteroatoms. The molecule has 0 aliphatic carbocycles. The van der Waals surface area contributed by atoms with Crippen molar-refractivity contribution in [3.8, 4) is 6.07 Å². The summed E-state index contributed by atoms with van der Waals surface area (Å²) < 4.78 is 34.2. The zero-order valence-corrected chi connectivity index (χ0v) is 18.2. The van der Waals surface area contributed by atoms with E-state index in [1.165, 1.54) is 22.5 Å². The number of aromatic nitrogens is 2. The number of benzene rings is 2. The second-order valence-electron chi connectivity index (χ2n) is 7.10. The highest BCUT2D eigenvalue weighted by Gasteiger charge is 2.31. The molecule has 0 saturated carbocycles. The maximum Gasteiger partial charge on any atom is 0.243 e. The zero-order chi connectivity index (χ0) is 22.2. The van der Waals surface area contributed by atoms with Gasteiger partial charge in [-0.1, -0.05) is 23.7 Å². The molecule has 3 aromatic rings. The molecule has 4 rings (SSSR count). The van der Waals surface area contributed by atoms with Crippen LogP contribution in [0.25, 0.3) is 11.0 Å². The van der Waals surface area contributed by atoms with Gasteiger partial charge in [-0.05, 0) is 30.3 Å². The molecule has 160 valence electrons. The summed E-state index contributed by atoms with van der Waals surface area (Å²) in [6.45, 7) is 1.08. The normalized spacial score (nSPS) is 16.2. The number of nitrogens with zero attached hydrogens (tertiary/aromatic N) is 4. The van der Waals surface area contributed by atoms with Crippen LogP contribution in [0.15, 0.2) is 47.4 Å². The molecule has 0 amide bonds. The van der Waals surface area contributed by atoms with Crippen LogP contribution in [0.2, 0.25) is 5.02 Å². The molecular weight excluding hydrogens is 440 g/mol. The predicted molar refractivity (Wildman–Crippen MR) is 114 cm³/mol. The Balaban J connectivity index is 1.74. The Kier molecular flexibility index (Phi) is 5.81. The van der Waals surface area contributed by atoms with E-state index in [0.29, 0.717) is 18.7 Å². The van der Waals surface area contributed by atoms with Gasteiger partial charge in [0.25, 0.3) is 0 Å².